The average Bonchev–Trinajstić information content (AvgIpc) is 2.50. The van der Waals surface area contributed by atoms with E-state index in [1.54, 1.807) is 19.3 Å². The van der Waals surface area contributed by atoms with Gasteiger partial charge in [0, 0.05) is 24.8 Å². The van der Waals surface area contributed by atoms with Crippen molar-refractivity contribution >= 4 is 5.97 Å². The first-order valence-corrected chi connectivity index (χ1v) is 7.13. The number of ether oxygens (including phenoxy) is 1. The summed E-state index contributed by atoms with van der Waals surface area (Å²) in [5.41, 5.74) is 1.01. The first-order valence-electron chi connectivity index (χ1n) is 7.13. The van der Waals surface area contributed by atoms with Gasteiger partial charge in [0.1, 0.15) is 11.5 Å². The average molecular weight is 300 g/mol. The maximum absolute atomic E-state index is 10.9. The fourth-order valence-corrected chi connectivity index (χ4v) is 2.17. The molecule has 22 heavy (non-hydrogen) atoms. The van der Waals surface area contributed by atoms with Crippen molar-refractivity contribution in [3.05, 3.63) is 54.4 Å². The minimum atomic E-state index is -0.785. The van der Waals surface area contributed by atoms with E-state index in [1.807, 2.05) is 48.3 Å². The molecule has 1 N–H and O–H groups in total. The zero-order valence-electron chi connectivity index (χ0n) is 12.8. The third-order valence-electron chi connectivity index (χ3n) is 3.28. The molecule has 0 amide bonds. The molecule has 0 fully saturated rings. The van der Waals surface area contributed by atoms with Gasteiger partial charge in [-0.3, -0.25) is 9.78 Å². The normalized spacial score (nSPS) is 12.1. The molecule has 0 radical (unpaired) electrons. The zero-order chi connectivity index (χ0) is 15.9. The molecule has 5 nitrogen and oxygen atoms in total. The number of aromatic nitrogens is 1. The number of benzene rings is 1. The highest BCUT2D eigenvalue weighted by Gasteiger charge is 2.15. The van der Waals surface area contributed by atoms with Gasteiger partial charge in [0.25, 0.3) is 0 Å². The summed E-state index contributed by atoms with van der Waals surface area (Å²) in [4.78, 5) is 16.9. The van der Waals surface area contributed by atoms with Crippen molar-refractivity contribution in [2.45, 2.75) is 13.5 Å². The van der Waals surface area contributed by atoms with E-state index < -0.39 is 11.9 Å². The molecule has 0 saturated carbocycles. The Morgan fingerprint density at radius 1 is 1.32 bits per heavy atom. The lowest BCUT2D eigenvalue weighted by Crippen LogP contribution is -2.28. The molecule has 5 heteroatoms. The number of rotatable bonds is 7. The van der Waals surface area contributed by atoms with Gasteiger partial charge >= 0.3 is 5.97 Å². The lowest BCUT2D eigenvalue weighted by molar-refractivity contribution is -0.141. The fourth-order valence-electron chi connectivity index (χ4n) is 2.17. The van der Waals surface area contributed by atoms with Crippen molar-refractivity contribution in [2.24, 2.45) is 5.92 Å². The number of para-hydroxylation sites is 1. The van der Waals surface area contributed by atoms with Crippen LogP contribution in [0.15, 0.2) is 48.8 Å². The molecule has 1 aromatic heterocycles. The molecule has 116 valence electrons. The maximum Gasteiger partial charge on any atom is 0.307 e. The molecular formula is C17H20N2O3. The van der Waals surface area contributed by atoms with Gasteiger partial charge in [-0.1, -0.05) is 25.1 Å². The lowest BCUT2D eigenvalue weighted by Gasteiger charge is -2.20. The van der Waals surface area contributed by atoms with Gasteiger partial charge in [0.2, 0.25) is 0 Å². The van der Waals surface area contributed by atoms with E-state index in [-0.39, 0.29) is 0 Å². The molecule has 0 bridgehead atoms. The second-order valence-electron chi connectivity index (χ2n) is 5.33. The highest BCUT2D eigenvalue weighted by molar-refractivity contribution is 5.69. The highest BCUT2D eigenvalue weighted by atomic mass is 16.5. The molecule has 0 aliphatic carbocycles. The largest absolute Gasteiger partial charge is 0.481 e. The zero-order valence-corrected chi connectivity index (χ0v) is 12.8. The van der Waals surface area contributed by atoms with Crippen LogP contribution in [0.25, 0.3) is 0 Å². The first kappa shape index (κ1) is 16.0. The Morgan fingerprint density at radius 3 is 2.77 bits per heavy atom. The molecule has 1 aromatic carbocycles. The molecule has 0 spiro atoms. The van der Waals surface area contributed by atoms with Crippen LogP contribution in [-0.4, -0.2) is 34.6 Å². The second kappa shape index (κ2) is 7.56. The third-order valence-corrected chi connectivity index (χ3v) is 3.28. The second-order valence-corrected chi connectivity index (χ2v) is 5.33. The summed E-state index contributed by atoms with van der Waals surface area (Å²) in [6, 6.07) is 11.4. The van der Waals surface area contributed by atoms with E-state index in [0.29, 0.717) is 18.8 Å². The van der Waals surface area contributed by atoms with Gasteiger partial charge in [-0.15, -0.1) is 0 Å². The summed E-state index contributed by atoms with van der Waals surface area (Å²) in [5.74, 6) is 0.241. The fraction of sp³-hybridized carbons (Fsp3) is 0.294. The Bertz CT molecular complexity index is 616. The third kappa shape index (κ3) is 4.56. The molecule has 2 rings (SSSR count). The molecule has 1 heterocycles. The molecule has 0 saturated heterocycles. The predicted octanol–water partition coefficient (Wildman–Crippen LogP) is 3.03. The van der Waals surface area contributed by atoms with Crippen LogP contribution in [0.3, 0.4) is 0 Å². The highest BCUT2D eigenvalue weighted by Crippen LogP contribution is 2.25. The van der Waals surface area contributed by atoms with Crippen LogP contribution < -0.4 is 4.74 Å². The monoisotopic (exact) mass is 300 g/mol. The summed E-state index contributed by atoms with van der Waals surface area (Å²) < 4.78 is 5.86. The summed E-state index contributed by atoms with van der Waals surface area (Å²) in [6.45, 7) is 2.81. The van der Waals surface area contributed by atoms with Crippen molar-refractivity contribution in [2.75, 3.05) is 13.6 Å². The topological polar surface area (TPSA) is 62.7 Å². The molecular weight excluding hydrogens is 280 g/mol. The van der Waals surface area contributed by atoms with Crippen LogP contribution in [0.5, 0.6) is 11.5 Å². The maximum atomic E-state index is 10.9. The smallest absolute Gasteiger partial charge is 0.307 e. The quantitative estimate of drug-likeness (QED) is 0.851. The van der Waals surface area contributed by atoms with E-state index in [4.69, 9.17) is 9.84 Å². The number of aliphatic carboxylic acids is 1. The summed E-state index contributed by atoms with van der Waals surface area (Å²) in [6.07, 6.45) is 3.35. The number of carboxylic acids is 1. The minimum absolute atomic E-state index is 0.406. The number of carbonyl (C=O) groups is 1. The summed E-state index contributed by atoms with van der Waals surface area (Å²) in [5, 5.41) is 8.99. The van der Waals surface area contributed by atoms with Crippen molar-refractivity contribution in [3.8, 4) is 11.5 Å². The number of nitrogens with zero attached hydrogens (tertiary/aromatic N) is 2. The Morgan fingerprint density at radius 2 is 2.09 bits per heavy atom. The predicted molar refractivity (Wildman–Crippen MR) is 83.9 cm³/mol. The van der Waals surface area contributed by atoms with Gasteiger partial charge < -0.3 is 14.7 Å². The van der Waals surface area contributed by atoms with E-state index in [2.05, 4.69) is 4.98 Å². The standard InChI is InChI=1S/C17H20N2O3/c1-13(17(20)21)11-19(2)12-14-6-3-4-8-16(14)22-15-7-5-9-18-10-15/h3-10,13H,11-12H2,1-2H3,(H,20,21). The Hall–Kier alpha value is -2.40. The van der Waals surface area contributed by atoms with E-state index in [9.17, 15) is 4.79 Å². The molecule has 1 unspecified atom stereocenters. The number of pyridine rings is 1. The molecule has 0 aliphatic rings. The van der Waals surface area contributed by atoms with Crippen LogP contribution in [0, 0.1) is 5.92 Å². The SMILES string of the molecule is CC(CN(C)Cc1ccccc1Oc1cccnc1)C(=O)O. The van der Waals surface area contributed by atoms with Crippen LogP contribution in [-0.2, 0) is 11.3 Å². The van der Waals surface area contributed by atoms with Gasteiger partial charge in [0.05, 0.1) is 12.1 Å². The first-order chi connectivity index (χ1) is 10.6. The Kier molecular flexibility index (Phi) is 5.49. The minimum Gasteiger partial charge on any atom is -0.481 e. The van der Waals surface area contributed by atoms with Crippen LogP contribution in [0.1, 0.15) is 12.5 Å². The van der Waals surface area contributed by atoms with E-state index in [0.717, 1.165) is 11.3 Å². The van der Waals surface area contributed by atoms with Crippen molar-refractivity contribution in [1.29, 1.82) is 0 Å². The van der Waals surface area contributed by atoms with E-state index in [1.165, 1.54) is 0 Å². The van der Waals surface area contributed by atoms with Crippen LogP contribution in [0.2, 0.25) is 0 Å². The van der Waals surface area contributed by atoms with Gasteiger partial charge in [-0.05, 0) is 25.2 Å². The van der Waals surface area contributed by atoms with Gasteiger partial charge in [-0.2, -0.15) is 0 Å². The lowest BCUT2D eigenvalue weighted by atomic mass is 10.1. The van der Waals surface area contributed by atoms with Crippen molar-refractivity contribution < 1.29 is 14.6 Å². The Labute approximate surface area is 130 Å². The molecule has 2 aromatic rings. The summed E-state index contributed by atoms with van der Waals surface area (Å²) in [7, 11) is 1.90. The number of hydrogen-bond donors (Lipinski definition) is 1. The van der Waals surface area contributed by atoms with Gasteiger partial charge in [0.15, 0.2) is 0 Å². The summed E-state index contributed by atoms with van der Waals surface area (Å²) >= 11 is 0. The van der Waals surface area contributed by atoms with Crippen LogP contribution in [0.4, 0.5) is 0 Å². The van der Waals surface area contributed by atoms with Crippen molar-refractivity contribution in [3.63, 3.8) is 0 Å². The van der Waals surface area contributed by atoms with Crippen LogP contribution >= 0.6 is 0 Å². The van der Waals surface area contributed by atoms with Crippen molar-refractivity contribution in [1.82, 2.24) is 9.88 Å². The molecule has 1 atom stereocenters. The Balaban J connectivity index is 2.06. The van der Waals surface area contributed by atoms with Gasteiger partial charge in [-0.25, -0.2) is 0 Å². The van der Waals surface area contributed by atoms with E-state index >= 15 is 0 Å². The number of hydrogen-bond acceptors (Lipinski definition) is 4. The molecule has 0 aliphatic heterocycles. The number of carboxylic acid groups (broad SMARTS) is 1.